The lowest BCUT2D eigenvalue weighted by atomic mass is 10.1. The second-order valence-corrected chi connectivity index (χ2v) is 5.81. The van der Waals surface area contributed by atoms with E-state index in [-0.39, 0.29) is 18.4 Å². The Hall–Kier alpha value is -2.73. The van der Waals surface area contributed by atoms with E-state index in [4.69, 9.17) is 11.6 Å². The van der Waals surface area contributed by atoms with Crippen molar-refractivity contribution in [2.24, 2.45) is 0 Å². The Balaban J connectivity index is 1.62. The van der Waals surface area contributed by atoms with Gasteiger partial charge in [-0.05, 0) is 36.8 Å². The van der Waals surface area contributed by atoms with Gasteiger partial charge in [0, 0.05) is 23.0 Å². The molecule has 0 bridgehead atoms. The van der Waals surface area contributed by atoms with E-state index in [2.05, 4.69) is 25.5 Å². The molecule has 0 spiro atoms. The fourth-order valence-electron chi connectivity index (χ4n) is 2.25. The molecule has 0 aliphatic rings. The highest BCUT2D eigenvalue weighted by molar-refractivity contribution is 6.30. The zero-order chi connectivity index (χ0) is 16.9. The Morgan fingerprint density at radius 2 is 1.92 bits per heavy atom. The van der Waals surface area contributed by atoms with Gasteiger partial charge in [0.1, 0.15) is 5.82 Å². The van der Waals surface area contributed by atoms with Crippen molar-refractivity contribution in [1.82, 2.24) is 25.5 Å². The van der Waals surface area contributed by atoms with Crippen LogP contribution in [0.5, 0.6) is 0 Å². The first kappa shape index (κ1) is 16.1. The molecule has 3 aromatic rings. The molecule has 7 heteroatoms. The van der Waals surface area contributed by atoms with E-state index in [0.29, 0.717) is 16.7 Å². The first-order valence-electron chi connectivity index (χ1n) is 7.48. The van der Waals surface area contributed by atoms with Crippen molar-refractivity contribution in [3.05, 3.63) is 65.2 Å². The Labute approximate surface area is 144 Å². The fourth-order valence-corrected chi connectivity index (χ4v) is 2.37. The van der Waals surface area contributed by atoms with E-state index in [1.165, 1.54) is 0 Å². The number of amides is 1. The summed E-state index contributed by atoms with van der Waals surface area (Å²) in [4.78, 5) is 20.5. The Morgan fingerprint density at radius 1 is 1.21 bits per heavy atom. The molecule has 0 aliphatic heterocycles. The van der Waals surface area contributed by atoms with Gasteiger partial charge in [0.2, 0.25) is 5.91 Å². The Bertz CT molecular complexity index is 817. The van der Waals surface area contributed by atoms with Gasteiger partial charge in [-0.25, -0.2) is 4.98 Å². The number of carbonyl (C=O) groups excluding carboxylic acids is 1. The molecule has 2 aromatic heterocycles. The van der Waals surface area contributed by atoms with E-state index in [1.807, 2.05) is 31.2 Å². The van der Waals surface area contributed by atoms with Crippen LogP contribution in [-0.4, -0.2) is 26.1 Å². The van der Waals surface area contributed by atoms with Gasteiger partial charge in [0.25, 0.3) is 0 Å². The van der Waals surface area contributed by atoms with Crippen molar-refractivity contribution in [2.45, 2.75) is 19.4 Å². The second-order valence-electron chi connectivity index (χ2n) is 5.37. The number of H-pyrrole nitrogens is 1. The zero-order valence-corrected chi connectivity index (χ0v) is 13.8. The largest absolute Gasteiger partial charge is 0.346 e. The molecule has 24 heavy (non-hydrogen) atoms. The highest BCUT2D eigenvalue weighted by Gasteiger charge is 2.15. The van der Waals surface area contributed by atoms with Crippen molar-refractivity contribution in [3.8, 4) is 11.4 Å². The van der Waals surface area contributed by atoms with Crippen molar-refractivity contribution in [2.75, 3.05) is 0 Å². The molecule has 2 N–H and O–H groups in total. The summed E-state index contributed by atoms with van der Waals surface area (Å²) in [6, 6.07) is 10.6. The van der Waals surface area contributed by atoms with Gasteiger partial charge in [0.15, 0.2) is 5.82 Å². The lowest BCUT2D eigenvalue weighted by Crippen LogP contribution is -2.28. The van der Waals surface area contributed by atoms with Crippen LogP contribution >= 0.6 is 11.6 Å². The van der Waals surface area contributed by atoms with Gasteiger partial charge in [-0.1, -0.05) is 23.7 Å². The standard InChI is InChI=1S/C17H16ClN5O/c1-11(20-15(24)10-12-2-4-14(18)5-3-12)16-21-17(23-22-16)13-6-8-19-9-7-13/h2-9,11H,10H2,1H3,(H,20,24)(H,21,22,23). The minimum absolute atomic E-state index is 0.0910. The minimum atomic E-state index is -0.270. The predicted octanol–water partition coefficient (Wildman–Crippen LogP) is 2.94. The fraction of sp³-hybridized carbons (Fsp3) is 0.176. The summed E-state index contributed by atoms with van der Waals surface area (Å²) >= 11 is 5.84. The van der Waals surface area contributed by atoms with Crippen molar-refractivity contribution in [1.29, 1.82) is 0 Å². The molecular formula is C17H16ClN5O. The SMILES string of the molecule is CC(NC(=O)Cc1ccc(Cl)cc1)c1nc(-c2ccncc2)n[nH]1. The number of nitrogens with zero attached hydrogens (tertiary/aromatic N) is 3. The van der Waals surface area contributed by atoms with E-state index in [1.54, 1.807) is 24.5 Å². The van der Waals surface area contributed by atoms with Gasteiger partial charge in [-0.15, -0.1) is 0 Å². The van der Waals surface area contributed by atoms with Crippen LogP contribution in [0.4, 0.5) is 0 Å². The number of hydrogen-bond acceptors (Lipinski definition) is 4. The average Bonchev–Trinajstić information content (AvgIpc) is 3.08. The van der Waals surface area contributed by atoms with Crippen LogP contribution in [0.25, 0.3) is 11.4 Å². The molecule has 1 atom stereocenters. The summed E-state index contributed by atoms with van der Waals surface area (Å²) in [5.41, 5.74) is 1.77. The average molecular weight is 342 g/mol. The molecule has 0 aliphatic carbocycles. The molecule has 0 radical (unpaired) electrons. The first-order valence-corrected chi connectivity index (χ1v) is 7.86. The molecule has 2 heterocycles. The molecule has 0 saturated heterocycles. The monoisotopic (exact) mass is 341 g/mol. The van der Waals surface area contributed by atoms with Crippen LogP contribution in [0.3, 0.4) is 0 Å². The van der Waals surface area contributed by atoms with Gasteiger partial charge in [0.05, 0.1) is 12.5 Å². The van der Waals surface area contributed by atoms with E-state index in [0.717, 1.165) is 11.1 Å². The van der Waals surface area contributed by atoms with E-state index >= 15 is 0 Å². The summed E-state index contributed by atoms with van der Waals surface area (Å²) in [6.07, 6.45) is 3.65. The number of aromatic nitrogens is 4. The molecule has 1 amide bonds. The summed E-state index contributed by atoms with van der Waals surface area (Å²) in [5, 5.41) is 10.6. The molecule has 0 fully saturated rings. The quantitative estimate of drug-likeness (QED) is 0.747. The number of nitrogens with one attached hydrogen (secondary N) is 2. The molecule has 0 saturated carbocycles. The molecule has 3 rings (SSSR count). The number of pyridine rings is 1. The van der Waals surface area contributed by atoms with Crippen molar-refractivity contribution >= 4 is 17.5 Å². The molecule has 6 nitrogen and oxygen atoms in total. The summed E-state index contributed by atoms with van der Waals surface area (Å²) in [7, 11) is 0. The number of rotatable bonds is 5. The summed E-state index contributed by atoms with van der Waals surface area (Å²) < 4.78 is 0. The maximum absolute atomic E-state index is 12.1. The van der Waals surface area contributed by atoms with Crippen LogP contribution in [0.15, 0.2) is 48.8 Å². The molecule has 122 valence electrons. The van der Waals surface area contributed by atoms with Crippen LogP contribution in [0.1, 0.15) is 24.4 Å². The topological polar surface area (TPSA) is 83.6 Å². The third kappa shape index (κ3) is 3.97. The van der Waals surface area contributed by atoms with Crippen LogP contribution in [0, 0.1) is 0 Å². The third-order valence-corrected chi connectivity index (χ3v) is 3.76. The van der Waals surface area contributed by atoms with Crippen LogP contribution in [0.2, 0.25) is 5.02 Å². The number of carbonyl (C=O) groups is 1. The number of aromatic amines is 1. The predicted molar refractivity (Wildman–Crippen MR) is 91.3 cm³/mol. The lowest BCUT2D eigenvalue weighted by Gasteiger charge is -2.11. The Morgan fingerprint density at radius 3 is 2.62 bits per heavy atom. The first-order chi connectivity index (χ1) is 11.6. The normalized spacial score (nSPS) is 11.9. The summed E-state index contributed by atoms with van der Waals surface area (Å²) in [5.74, 6) is 1.09. The Kier molecular flexibility index (Phi) is 4.86. The maximum Gasteiger partial charge on any atom is 0.224 e. The van der Waals surface area contributed by atoms with Gasteiger partial charge in [-0.2, -0.15) is 5.10 Å². The number of benzene rings is 1. The minimum Gasteiger partial charge on any atom is -0.346 e. The number of hydrogen-bond donors (Lipinski definition) is 2. The van der Waals surface area contributed by atoms with Crippen molar-refractivity contribution < 1.29 is 4.79 Å². The third-order valence-electron chi connectivity index (χ3n) is 3.51. The maximum atomic E-state index is 12.1. The van der Waals surface area contributed by atoms with Crippen LogP contribution < -0.4 is 5.32 Å². The molecule has 1 unspecified atom stereocenters. The lowest BCUT2D eigenvalue weighted by molar-refractivity contribution is -0.121. The highest BCUT2D eigenvalue weighted by Crippen LogP contribution is 2.16. The zero-order valence-electron chi connectivity index (χ0n) is 13.0. The summed E-state index contributed by atoms with van der Waals surface area (Å²) in [6.45, 7) is 1.86. The van der Waals surface area contributed by atoms with Crippen molar-refractivity contribution in [3.63, 3.8) is 0 Å². The van der Waals surface area contributed by atoms with Gasteiger partial charge in [-0.3, -0.25) is 14.9 Å². The molecule has 1 aromatic carbocycles. The van der Waals surface area contributed by atoms with Gasteiger partial charge < -0.3 is 5.32 Å². The van der Waals surface area contributed by atoms with E-state index < -0.39 is 0 Å². The van der Waals surface area contributed by atoms with Gasteiger partial charge >= 0.3 is 0 Å². The smallest absolute Gasteiger partial charge is 0.224 e. The van der Waals surface area contributed by atoms with Crippen LogP contribution in [-0.2, 0) is 11.2 Å². The van der Waals surface area contributed by atoms with E-state index in [9.17, 15) is 4.79 Å². The highest BCUT2D eigenvalue weighted by atomic mass is 35.5. The second kappa shape index (κ2) is 7.23. The molecular weight excluding hydrogens is 326 g/mol. The number of halogens is 1.